The van der Waals surface area contributed by atoms with Gasteiger partial charge in [-0.1, -0.05) is 19.1 Å². The summed E-state index contributed by atoms with van der Waals surface area (Å²) < 4.78 is 17.6. The Balaban J connectivity index is 1.28. The molecule has 0 amide bonds. The topological polar surface area (TPSA) is 71.5 Å². The second kappa shape index (κ2) is 10.8. The van der Waals surface area contributed by atoms with Crippen LogP contribution in [0.4, 0.5) is 0 Å². The van der Waals surface area contributed by atoms with Gasteiger partial charge in [0.1, 0.15) is 11.9 Å². The van der Waals surface area contributed by atoms with E-state index < -0.39 is 0 Å². The predicted molar refractivity (Wildman–Crippen MR) is 122 cm³/mol. The summed E-state index contributed by atoms with van der Waals surface area (Å²) >= 11 is 0. The largest absolute Gasteiger partial charge is 0.497 e. The average molecular weight is 445 g/mol. The molecule has 1 saturated heterocycles. The minimum Gasteiger partial charge on any atom is -0.497 e. The highest BCUT2D eigenvalue weighted by atomic mass is 16.5. The molecule has 1 saturated carbocycles. The number of ketones is 1. The number of aliphatic hydroxyl groups is 1. The normalized spacial score (nSPS) is 29.2. The summed E-state index contributed by atoms with van der Waals surface area (Å²) in [4.78, 5) is 17.9. The van der Waals surface area contributed by atoms with E-state index in [4.69, 9.17) is 19.3 Å². The molecule has 176 valence electrons. The van der Waals surface area contributed by atoms with Crippen LogP contribution in [0, 0.1) is 11.8 Å². The molecule has 4 atom stereocenters. The van der Waals surface area contributed by atoms with Gasteiger partial charge in [-0.25, -0.2) is 0 Å². The van der Waals surface area contributed by atoms with Crippen LogP contribution in [0.25, 0.3) is 5.57 Å². The molecule has 1 aliphatic carbocycles. The first-order chi connectivity index (χ1) is 15.6. The summed E-state index contributed by atoms with van der Waals surface area (Å²) in [6.45, 7) is 8.81. The second-order valence-electron chi connectivity index (χ2n) is 9.08. The number of fused-ring (bicyclic) bond motifs is 1. The standard InChI is InChI=1S/C25H36N2O5/c1-18-23(31-16-14-27-11-9-26(10-12-27)13-15-28)8-7-21-24(29)22(17-32-25(18)21)19-3-5-20(30-2)6-4-19/h3-6,17-18,21,23,25,28H,7-16H2,1-2H3. The molecule has 2 fully saturated rings. The zero-order valence-electron chi connectivity index (χ0n) is 19.2. The first kappa shape index (κ1) is 23.2. The van der Waals surface area contributed by atoms with E-state index in [9.17, 15) is 4.79 Å². The Hall–Kier alpha value is -1.93. The van der Waals surface area contributed by atoms with Gasteiger partial charge in [0.15, 0.2) is 5.78 Å². The van der Waals surface area contributed by atoms with Crippen LogP contribution in [-0.4, -0.2) is 92.5 Å². The number of carbonyl (C=O) groups excluding carboxylic acids is 1. The summed E-state index contributed by atoms with van der Waals surface area (Å²) in [6, 6.07) is 7.56. The van der Waals surface area contributed by atoms with Crippen molar-refractivity contribution >= 4 is 11.4 Å². The molecular formula is C25H36N2O5. The molecule has 0 spiro atoms. The van der Waals surface area contributed by atoms with Crippen LogP contribution < -0.4 is 4.74 Å². The maximum atomic E-state index is 13.2. The fraction of sp³-hybridized carbons (Fsp3) is 0.640. The van der Waals surface area contributed by atoms with Crippen LogP contribution in [0.2, 0.25) is 0 Å². The summed E-state index contributed by atoms with van der Waals surface area (Å²) in [5, 5.41) is 9.07. The molecule has 1 aromatic carbocycles. The number of ether oxygens (including phenoxy) is 3. The van der Waals surface area contributed by atoms with E-state index in [0.29, 0.717) is 12.2 Å². The molecule has 2 heterocycles. The third-order valence-electron chi connectivity index (χ3n) is 7.23. The van der Waals surface area contributed by atoms with E-state index in [1.54, 1.807) is 13.4 Å². The number of β-amino-alcohol motifs (C(OH)–C–C–N with tert-alkyl or cyclic N) is 1. The number of rotatable bonds is 8. The molecule has 0 bridgehead atoms. The quantitative estimate of drug-likeness (QED) is 0.658. The van der Waals surface area contributed by atoms with Crippen molar-refractivity contribution in [2.75, 3.05) is 59.6 Å². The number of carbonyl (C=O) groups is 1. The average Bonchev–Trinajstić information content (AvgIpc) is 2.82. The lowest BCUT2D eigenvalue weighted by Crippen LogP contribution is -2.49. The van der Waals surface area contributed by atoms with Crippen molar-refractivity contribution in [1.82, 2.24) is 9.80 Å². The Morgan fingerprint density at radius 3 is 2.41 bits per heavy atom. The van der Waals surface area contributed by atoms with Gasteiger partial charge in [0.25, 0.3) is 0 Å². The van der Waals surface area contributed by atoms with Crippen molar-refractivity contribution in [2.24, 2.45) is 11.8 Å². The Labute approximate surface area is 190 Å². The van der Waals surface area contributed by atoms with Gasteiger partial charge < -0.3 is 19.3 Å². The fourth-order valence-corrected chi connectivity index (χ4v) is 5.18. The van der Waals surface area contributed by atoms with Crippen LogP contribution in [0.1, 0.15) is 25.3 Å². The molecule has 0 radical (unpaired) electrons. The van der Waals surface area contributed by atoms with Crippen LogP contribution in [0.15, 0.2) is 30.5 Å². The van der Waals surface area contributed by atoms with E-state index in [-0.39, 0.29) is 36.4 Å². The van der Waals surface area contributed by atoms with Crippen molar-refractivity contribution in [3.05, 3.63) is 36.1 Å². The lowest BCUT2D eigenvalue weighted by Gasteiger charge is -2.42. The molecule has 2 aliphatic heterocycles. The summed E-state index contributed by atoms with van der Waals surface area (Å²) in [5.74, 6) is 1.02. The van der Waals surface area contributed by atoms with Gasteiger partial charge in [-0.05, 0) is 30.5 Å². The van der Waals surface area contributed by atoms with Gasteiger partial charge in [-0.3, -0.25) is 14.6 Å². The van der Waals surface area contributed by atoms with Gasteiger partial charge in [0.05, 0.1) is 44.2 Å². The zero-order valence-corrected chi connectivity index (χ0v) is 19.2. The number of Topliss-reactive ketones (excluding diaryl/α,β-unsaturated/α-hetero) is 1. The highest BCUT2D eigenvalue weighted by Crippen LogP contribution is 2.40. The Morgan fingerprint density at radius 1 is 1.06 bits per heavy atom. The number of allylic oxidation sites excluding steroid dienone is 1. The van der Waals surface area contributed by atoms with Gasteiger partial charge >= 0.3 is 0 Å². The van der Waals surface area contributed by atoms with Crippen molar-refractivity contribution in [3.8, 4) is 5.75 Å². The molecular weight excluding hydrogens is 408 g/mol. The van der Waals surface area contributed by atoms with Crippen LogP contribution in [0.3, 0.4) is 0 Å². The highest BCUT2D eigenvalue weighted by molar-refractivity contribution is 6.22. The fourth-order valence-electron chi connectivity index (χ4n) is 5.18. The monoisotopic (exact) mass is 444 g/mol. The number of methoxy groups -OCH3 is 1. The molecule has 4 unspecified atom stereocenters. The maximum Gasteiger partial charge on any atom is 0.173 e. The van der Waals surface area contributed by atoms with Gasteiger partial charge in [-0.15, -0.1) is 0 Å². The van der Waals surface area contributed by atoms with Crippen LogP contribution >= 0.6 is 0 Å². The zero-order chi connectivity index (χ0) is 22.5. The summed E-state index contributed by atoms with van der Waals surface area (Å²) in [6.07, 6.45) is 3.33. The minimum atomic E-state index is -0.120. The lowest BCUT2D eigenvalue weighted by atomic mass is 9.73. The molecule has 1 N–H and O–H groups in total. The number of nitrogens with zero attached hydrogens (tertiary/aromatic N) is 2. The van der Waals surface area contributed by atoms with E-state index >= 15 is 0 Å². The smallest absolute Gasteiger partial charge is 0.173 e. The number of hydrogen-bond donors (Lipinski definition) is 1. The third kappa shape index (κ3) is 5.17. The molecule has 7 nitrogen and oxygen atoms in total. The SMILES string of the molecule is COc1ccc(C2=COC3C(CCC(OCCN4CCN(CCO)CC4)C3C)C2=O)cc1. The molecule has 0 aromatic heterocycles. The summed E-state index contributed by atoms with van der Waals surface area (Å²) in [7, 11) is 1.63. The number of benzene rings is 1. The van der Waals surface area contributed by atoms with Gasteiger partial charge in [0.2, 0.25) is 0 Å². The Morgan fingerprint density at radius 2 is 1.75 bits per heavy atom. The van der Waals surface area contributed by atoms with E-state index in [1.807, 2.05) is 24.3 Å². The number of aliphatic hydroxyl groups excluding tert-OH is 1. The van der Waals surface area contributed by atoms with Crippen molar-refractivity contribution in [1.29, 1.82) is 0 Å². The first-order valence-corrected chi connectivity index (χ1v) is 11.8. The molecule has 3 aliphatic rings. The predicted octanol–water partition coefficient (Wildman–Crippen LogP) is 2.05. The molecule has 32 heavy (non-hydrogen) atoms. The molecule has 4 rings (SSSR count). The molecule has 7 heteroatoms. The van der Waals surface area contributed by atoms with Crippen molar-refractivity contribution < 1.29 is 24.1 Å². The highest BCUT2D eigenvalue weighted by Gasteiger charge is 2.45. The minimum absolute atomic E-state index is 0.105. The first-order valence-electron chi connectivity index (χ1n) is 11.8. The van der Waals surface area contributed by atoms with Crippen LogP contribution in [0.5, 0.6) is 5.75 Å². The van der Waals surface area contributed by atoms with Crippen molar-refractivity contribution in [3.63, 3.8) is 0 Å². The van der Waals surface area contributed by atoms with Gasteiger partial charge in [0, 0.05) is 45.2 Å². The second-order valence-corrected chi connectivity index (χ2v) is 9.08. The summed E-state index contributed by atoms with van der Waals surface area (Å²) in [5.41, 5.74) is 1.53. The number of hydrogen-bond acceptors (Lipinski definition) is 7. The lowest BCUT2D eigenvalue weighted by molar-refractivity contribution is -0.135. The molecule has 1 aromatic rings. The van der Waals surface area contributed by atoms with E-state index in [0.717, 1.165) is 63.4 Å². The maximum absolute atomic E-state index is 13.2. The number of piperazine rings is 1. The van der Waals surface area contributed by atoms with Crippen LogP contribution in [-0.2, 0) is 14.3 Å². The van der Waals surface area contributed by atoms with E-state index in [1.165, 1.54) is 0 Å². The van der Waals surface area contributed by atoms with E-state index in [2.05, 4.69) is 16.7 Å². The Kier molecular flexibility index (Phi) is 7.84. The van der Waals surface area contributed by atoms with Crippen molar-refractivity contribution in [2.45, 2.75) is 32.0 Å². The Bertz CT molecular complexity index is 788. The third-order valence-corrected chi connectivity index (χ3v) is 7.23. The van der Waals surface area contributed by atoms with Gasteiger partial charge in [-0.2, -0.15) is 0 Å².